The lowest BCUT2D eigenvalue weighted by atomic mass is 10.1. The summed E-state index contributed by atoms with van der Waals surface area (Å²) in [4.78, 5) is 10.7. The Bertz CT molecular complexity index is 235. The molecule has 0 aromatic carbocycles. The van der Waals surface area contributed by atoms with Crippen molar-refractivity contribution in [3.63, 3.8) is 0 Å². The normalized spacial score (nSPS) is 11.0. The molecule has 0 heterocycles. The zero-order chi connectivity index (χ0) is 10.8. The van der Waals surface area contributed by atoms with Crippen LogP contribution in [0.1, 0.15) is 26.2 Å². The fraction of sp³-hybridized carbons (Fsp3) is 0.545. The predicted octanol–water partition coefficient (Wildman–Crippen LogP) is 1.27. The Balaban J connectivity index is 3.52. The summed E-state index contributed by atoms with van der Waals surface area (Å²) in [5.74, 6) is 4.55. The van der Waals surface area contributed by atoms with Crippen LogP contribution in [-0.2, 0) is 9.53 Å². The highest BCUT2D eigenvalue weighted by Crippen LogP contribution is 1.99. The van der Waals surface area contributed by atoms with Crippen molar-refractivity contribution >= 4 is 5.97 Å². The van der Waals surface area contributed by atoms with Gasteiger partial charge in [-0.15, -0.1) is 6.58 Å². The van der Waals surface area contributed by atoms with Gasteiger partial charge in [-0.25, -0.2) is 4.79 Å². The molecule has 1 unspecified atom stereocenters. The van der Waals surface area contributed by atoms with Crippen LogP contribution in [-0.4, -0.2) is 23.8 Å². The average Bonchev–Trinajstić information content (AvgIpc) is 2.17. The molecule has 3 nitrogen and oxygen atoms in total. The molecule has 0 fully saturated rings. The zero-order valence-electron chi connectivity index (χ0n) is 8.45. The molecule has 0 saturated carbocycles. The Morgan fingerprint density at radius 3 is 3.00 bits per heavy atom. The van der Waals surface area contributed by atoms with E-state index in [2.05, 4.69) is 23.2 Å². The molecule has 0 amide bonds. The van der Waals surface area contributed by atoms with Gasteiger partial charge in [0.1, 0.15) is 0 Å². The molecular formula is C11H16O3. The second kappa shape index (κ2) is 8.33. The second-order valence-electron chi connectivity index (χ2n) is 2.72. The number of unbranched alkanes of at least 4 members (excludes halogenated alkanes) is 1. The summed E-state index contributed by atoms with van der Waals surface area (Å²) in [6.45, 7) is 5.54. The Morgan fingerprint density at radius 2 is 2.43 bits per heavy atom. The van der Waals surface area contributed by atoms with Crippen LogP contribution in [0.3, 0.4) is 0 Å². The maximum atomic E-state index is 10.7. The number of carbonyl (C=O) groups is 1. The highest BCUT2D eigenvalue weighted by Gasteiger charge is 1.96. The van der Waals surface area contributed by atoms with Gasteiger partial charge in [-0.2, -0.15) is 0 Å². The van der Waals surface area contributed by atoms with Crippen molar-refractivity contribution in [1.29, 1.82) is 0 Å². The third-order valence-corrected chi connectivity index (χ3v) is 1.54. The van der Waals surface area contributed by atoms with E-state index in [9.17, 15) is 4.79 Å². The van der Waals surface area contributed by atoms with Crippen molar-refractivity contribution in [2.45, 2.75) is 32.3 Å². The van der Waals surface area contributed by atoms with Gasteiger partial charge in [0, 0.05) is 12.3 Å². The van der Waals surface area contributed by atoms with Gasteiger partial charge in [0.25, 0.3) is 0 Å². The Kier molecular flexibility index (Phi) is 7.58. The molecular weight excluding hydrogens is 180 g/mol. The van der Waals surface area contributed by atoms with E-state index in [1.807, 2.05) is 0 Å². The minimum absolute atomic E-state index is 0.350. The molecule has 3 heteroatoms. The number of ether oxygens (including phenoxy) is 1. The van der Waals surface area contributed by atoms with Crippen LogP contribution < -0.4 is 0 Å². The fourth-order valence-electron chi connectivity index (χ4n) is 0.819. The highest BCUT2D eigenvalue weighted by atomic mass is 16.5. The van der Waals surface area contributed by atoms with Gasteiger partial charge in [0.05, 0.1) is 12.7 Å². The first-order chi connectivity index (χ1) is 6.70. The molecule has 0 radical (unpaired) electrons. The number of rotatable bonds is 5. The van der Waals surface area contributed by atoms with Gasteiger partial charge in [0.15, 0.2) is 0 Å². The van der Waals surface area contributed by atoms with Crippen LogP contribution in [0.2, 0.25) is 0 Å². The summed E-state index contributed by atoms with van der Waals surface area (Å²) in [5.41, 5.74) is 0. The van der Waals surface area contributed by atoms with E-state index >= 15 is 0 Å². The summed E-state index contributed by atoms with van der Waals surface area (Å²) in [6, 6.07) is 0. The minimum atomic E-state index is -0.489. The van der Waals surface area contributed by atoms with E-state index in [0.29, 0.717) is 19.4 Å². The molecule has 0 bridgehead atoms. The lowest BCUT2D eigenvalue weighted by Gasteiger charge is -2.00. The second-order valence-corrected chi connectivity index (χ2v) is 2.72. The molecule has 14 heavy (non-hydrogen) atoms. The van der Waals surface area contributed by atoms with E-state index in [-0.39, 0.29) is 0 Å². The van der Waals surface area contributed by atoms with Gasteiger partial charge in [-0.05, 0) is 19.8 Å². The molecule has 0 aromatic rings. The summed E-state index contributed by atoms with van der Waals surface area (Å²) < 4.78 is 4.61. The van der Waals surface area contributed by atoms with Crippen LogP contribution in [0.5, 0.6) is 0 Å². The van der Waals surface area contributed by atoms with Gasteiger partial charge >= 0.3 is 5.97 Å². The SMILES string of the molecule is C=CC(O)CCCC#CC(=O)OCC. The fourth-order valence-corrected chi connectivity index (χ4v) is 0.819. The van der Waals surface area contributed by atoms with Crippen molar-refractivity contribution in [2.75, 3.05) is 6.61 Å². The number of carbonyl (C=O) groups excluding carboxylic acids is 1. The number of hydrogen-bond donors (Lipinski definition) is 1. The standard InChI is InChI=1S/C11H16O3/c1-3-10(12)8-6-5-7-9-11(13)14-4-2/h3,10,12H,1,4-6,8H2,2H3. The van der Waals surface area contributed by atoms with Gasteiger partial charge in [-0.3, -0.25) is 0 Å². The third kappa shape index (κ3) is 7.38. The summed E-state index contributed by atoms with van der Waals surface area (Å²) in [6.07, 6.45) is 2.97. The maximum absolute atomic E-state index is 10.7. The first-order valence-electron chi connectivity index (χ1n) is 4.67. The minimum Gasteiger partial charge on any atom is -0.456 e. The molecule has 0 aliphatic heterocycles. The Hall–Kier alpha value is -1.27. The molecule has 0 aliphatic rings. The quantitative estimate of drug-likeness (QED) is 0.237. The lowest BCUT2D eigenvalue weighted by Crippen LogP contribution is -2.01. The summed E-state index contributed by atoms with van der Waals surface area (Å²) in [5, 5.41) is 9.09. The molecule has 0 rings (SSSR count). The van der Waals surface area contributed by atoms with E-state index in [0.717, 1.165) is 6.42 Å². The average molecular weight is 196 g/mol. The number of hydrogen-bond acceptors (Lipinski definition) is 3. The van der Waals surface area contributed by atoms with Crippen LogP contribution in [0.4, 0.5) is 0 Å². The van der Waals surface area contributed by atoms with Crippen LogP contribution in [0.15, 0.2) is 12.7 Å². The lowest BCUT2D eigenvalue weighted by molar-refractivity contribution is -0.136. The van der Waals surface area contributed by atoms with Crippen LogP contribution in [0, 0.1) is 11.8 Å². The largest absolute Gasteiger partial charge is 0.456 e. The van der Waals surface area contributed by atoms with E-state index in [1.165, 1.54) is 6.08 Å². The zero-order valence-corrected chi connectivity index (χ0v) is 8.45. The van der Waals surface area contributed by atoms with Crippen molar-refractivity contribution in [3.8, 4) is 11.8 Å². The van der Waals surface area contributed by atoms with Crippen LogP contribution >= 0.6 is 0 Å². The van der Waals surface area contributed by atoms with Crippen molar-refractivity contribution in [1.82, 2.24) is 0 Å². The molecule has 1 N–H and O–H groups in total. The van der Waals surface area contributed by atoms with E-state index < -0.39 is 12.1 Å². The first-order valence-corrected chi connectivity index (χ1v) is 4.67. The topological polar surface area (TPSA) is 46.5 Å². The number of aliphatic hydroxyl groups excluding tert-OH is 1. The molecule has 78 valence electrons. The van der Waals surface area contributed by atoms with Crippen molar-refractivity contribution in [3.05, 3.63) is 12.7 Å². The predicted molar refractivity (Wildman–Crippen MR) is 54.5 cm³/mol. The Morgan fingerprint density at radius 1 is 1.71 bits per heavy atom. The molecule has 1 atom stereocenters. The number of esters is 1. The molecule has 0 spiro atoms. The monoisotopic (exact) mass is 196 g/mol. The van der Waals surface area contributed by atoms with Crippen LogP contribution in [0.25, 0.3) is 0 Å². The summed E-state index contributed by atoms with van der Waals surface area (Å²) >= 11 is 0. The van der Waals surface area contributed by atoms with Gasteiger partial charge < -0.3 is 9.84 Å². The molecule has 0 saturated heterocycles. The molecule has 0 aliphatic carbocycles. The van der Waals surface area contributed by atoms with E-state index in [4.69, 9.17) is 5.11 Å². The molecule has 0 aromatic heterocycles. The van der Waals surface area contributed by atoms with Crippen molar-refractivity contribution in [2.24, 2.45) is 0 Å². The summed E-state index contributed by atoms with van der Waals surface area (Å²) in [7, 11) is 0. The maximum Gasteiger partial charge on any atom is 0.384 e. The number of aliphatic hydroxyl groups is 1. The first kappa shape index (κ1) is 12.7. The smallest absolute Gasteiger partial charge is 0.384 e. The highest BCUT2D eigenvalue weighted by molar-refractivity contribution is 5.88. The van der Waals surface area contributed by atoms with Gasteiger partial charge in [-0.1, -0.05) is 12.0 Å². The third-order valence-electron chi connectivity index (χ3n) is 1.54. The Labute approximate surface area is 84.8 Å². The van der Waals surface area contributed by atoms with Gasteiger partial charge in [0.2, 0.25) is 0 Å². The van der Waals surface area contributed by atoms with Crippen molar-refractivity contribution < 1.29 is 14.6 Å². The van der Waals surface area contributed by atoms with E-state index in [1.54, 1.807) is 6.92 Å².